The van der Waals surface area contributed by atoms with Crippen molar-refractivity contribution >= 4 is 28.6 Å². The van der Waals surface area contributed by atoms with Gasteiger partial charge in [0.2, 0.25) is 0 Å². The lowest BCUT2D eigenvalue weighted by atomic mass is 9.92. The van der Waals surface area contributed by atoms with Crippen LogP contribution in [-0.2, 0) is 11.2 Å². The Balaban J connectivity index is 2.30. The number of hydrogen-bond acceptors (Lipinski definition) is 1. The van der Waals surface area contributed by atoms with Crippen LogP contribution in [0.2, 0.25) is 0 Å². The van der Waals surface area contributed by atoms with Gasteiger partial charge in [0.25, 0.3) is 0 Å². The van der Waals surface area contributed by atoms with E-state index in [1.807, 2.05) is 54.6 Å². The van der Waals surface area contributed by atoms with Crippen molar-refractivity contribution in [2.45, 2.75) is 12.3 Å². The largest absolute Gasteiger partial charge is 0.481 e. The van der Waals surface area contributed by atoms with E-state index >= 15 is 0 Å². The number of rotatable bonds is 4. The standard InChI is InChI=1S/C15H13IO2/c16-14-9-5-4-8-12(14)13(15(17)18)10-11-6-2-1-3-7-11/h1-9,13H,10H2,(H,17,18). The minimum atomic E-state index is -0.775. The molecule has 0 radical (unpaired) electrons. The van der Waals surface area contributed by atoms with Gasteiger partial charge in [-0.3, -0.25) is 4.79 Å². The first-order valence-electron chi connectivity index (χ1n) is 5.69. The molecular weight excluding hydrogens is 339 g/mol. The van der Waals surface area contributed by atoms with Gasteiger partial charge in [-0.05, 0) is 46.2 Å². The molecule has 0 saturated carbocycles. The van der Waals surface area contributed by atoms with E-state index in [0.29, 0.717) is 6.42 Å². The minimum Gasteiger partial charge on any atom is -0.481 e. The van der Waals surface area contributed by atoms with Crippen molar-refractivity contribution in [2.75, 3.05) is 0 Å². The van der Waals surface area contributed by atoms with Crippen LogP contribution in [0.4, 0.5) is 0 Å². The molecule has 0 aromatic heterocycles. The molecule has 1 atom stereocenters. The smallest absolute Gasteiger partial charge is 0.311 e. The highest BCUT2D eigenvalue weighted by Crippen LogP contribution is 2.25. The zero-order chi connectivity index (χ0) is 13.0. The van der Waals surface area contributed by atoms with Crippen LogP contribution in [-0.4, -0.2) is 11.1 Å². The monoisotopic (exact) mass is 352 g/mol. The predicted molar refractivity (Wildman–Crippen MR) is 79.7 cm³/mol. The Morgan fingerprint density at radius 1 is 1.06 bits per heavy atom. The molecule has 3 heteroatoms. The van der Waals surface area contributed by atoms with Crippen molar-refractivity contribution in [3.05, 3.63) is 69.3 Å². The molecule has 0 spiro atoms. The van der Waals surface area contributed by atoms with Gasteiger partial charge in [0.1, 0.15) is 0 Å². The average molecular weight is 352 g/mol. The summed E-state index contributed by atoms with van der Waals surface area (Å²) in [5.74, 6) is -1.26. The van der Waals surface area contributed by atoms with E-state index in [9.17, 15) is 9.90 Å². The fraction of sp³-hybridized carbons (Fsp3) is 0.133. The zero-order valence-electron chi connectivity index (χ0n) is 9.71. The van der Waals surface area contributed by atoms with Crippen LogP contribution in [0, 0.1) is 3.57 Å². The molecule has 2 aromatic carbocycles. The Kier molecular flexibility index (Phi) is 4.36. The first-order valence-corrected chi connectivity index (χ1v) is 6.77. The van der Waals surface area contributed by atoms with Crippen LogP contribution in [0.1, 0.15) is 17.0 Å². The number of carbonyl (C=O) groups is 1. The van der Waals surface area contributed by atoms with Gasteiger partial charge in [0.15, 0.2) is 0 Å². The number of carboxylic acids is 1. The van der Waals surface area contributed by atoms with Crippen molar-refractivity contribution in [2.24, 2.45) is 0 Å². The van der Waals surface area contributed by atoms with Gasteiger partial charge in [-0.15, -0.1) is 0 Å². The van der Waals surface area contributed by atoms with Crippen LogP contribution in [0.15, 0.2) is 54.6 Å². The summed E-state index contributed by atoms with van der Waals surface area (Å²) in [4.78, 5) is 11.5. The molecule has 92 valence electrons. The molecule has 0 amide bonds. The molecule has 0 saturated heterocycles. The number of hydrogen-bond donors (Lipinski definition) is 1. The molecule has 0 fully saturated rings. The minimum absolute atomic E-state index is 0.486. The van der Waals surface area contributed by atoms with E-state index in [2.05, 4.69) is 22.6 Å². The average Bonchev–Trinajstić information content (AvgIpc) is 2.38. The number of aliphatic carboxylic acids is 1. The Bertz CT molecular complexity index is 537. The quantitative estimate of drug-likeness (QED) is 0.852. The van der Waals surface area contributed by atoms with Crippen LogP contribution < -0.4 is 0 Å². The van der Waals surface area contributed by atoms with Gasteiger partial charge in [0, 0.05) is 3.57 Å². The van der Waals surface area contributed by atoms with E-state index in [4.69, 9.17) is 0 Å². The van der Waals surface area contributed by atoms with Gasteiger partial charge in [-0.1, -0.05) is 48.5 Å². The second-order valence-electron chi connectivity index (χ2n) is 4.10. The molecular formula is C15H13IO2. The second kappa shape index (κ2) is 6.00. The highest BCUT2D eigenvalue weighted by molar-refractivity contribution is 14.1. The highest BCUT2D eigenvalue weighted by Gasteiger charge is 2.22. The molecule has 0 aliphatic carbocycles. The van der Waals surface area contributed by atoms with Gasteiger partial charge in [-0.2, -0.15) is 0 Å². The van der Waals surface area contributed by atoms with Crippen LogP contribution in [0.5, 0.6) is 0 Å². The molecule has 1 unspecified atom stereocenters. The summed E-state index contributed by atoms with van der Waals surface area (Å²) < 4.78 is 0.999. The van der Waals surface area contributed by atoms with Crippen molar-refractivity contribution in [3.8, 4) is 0 Å². The van der Waals surface area contributed by atoms with Gasteiger partial charge >= 0.3 is 5.97 Å². The van der Waals surface area contributed by atoms with E-state index < -0.39 is 11.9 Å². The summed E-state index contributed by atoms with van der Waals surface area (Å²) in [6.07, 6.45) is 0.524. The summed E-state index contributed by atoms with van der Waals surface area (Å²) in [6.45, 7) is 0. The Hall–Kier alpha value is -1.36. The summed E-state index contributed by atoms with van der Waals surface area (Å²) in [5, 5.41) is 9.41. The topological polar surface area (TPSA) is 37.3 Å². The number of benzene rings is 2. The molecule has 1 N–H and O–H groups in total. The third kappa shape index (κ3) is 3.10. The Labute approximate surface area is 120 Å². The summed E-state index contributed by atoms with van der Waals surface area (Å²) in [5.41, 5.74) is 1.93. The first-order chi connectivity index (χ1) is 8.68. The Morgan fingerprint density at radius 2 is 1.67 bits per heavy atom. The fourth-order valence-electron chi connectivity index (χ4n) is 1.94. The van der Waals surface area contributed by atoms with E-state index in [0.717, 1.165) is 14.7 Å². The van der Waals surface area contributed by atoms with Crippen molar-refractivity contribution < 1.29 is 9.90 Å². The van der Waals surface area contributed by atoms with Crippen LogP contribution in [0.3, 0.4) is 0 Å². The third-order valence-corrected chi connectivity index (χ3v) is 3.84. The van der Waals surface area contributed by atoms with Gasteiger partial charge in [0.05, 0.1) is 5.92 Å². The lowest BCUT2D eigenvalue weighted by Crippen LogP contribution is -2.15. The molecule has 0 aliphatic rings. The van der Waals surface area contributed by atoms with Crippen LogP contribution >= 0.6 is 22.6 Å². The lowest BCUT2D eigenvalue weighted by Gasteiger charge is -2.14. The highest BCUT2D eigenvalue weighted by atomic mass is 127. The summed E-state index contributed by atoms with van der Waals surface area (Å²) in [7, 11) is 0. The SMILES string of the molecule is O=C(O)C(Cc1ccccc1)c1ccccc1I. The van der Waals surface area contributed by atoms with E-state index in [1.54, 1.807) is 0 Å². The predicted octanol–water partition coefficient (Wildman–Crippen LogP) is 3.70. The molecule has 0 aliphatic heterocycles. The van der Waals surface area contributed by atoms with E-state index in [-0.39, 0.29) is 0 Å². The first kappa shape index (κ1) is 13.1. The maximum Gasteiger partial charge on any atom is 0.311 e. The molecule has 0 bridgehead atoms. The Morgan fingerprint density at radius 3 is 2.28 bits per heavy atom. The fourth-order valence-corrected chi connectivity index (χ4v) is 2.70. The van der Waals surface area contributed by atoms with E-state index in [1.165, 1.54) is 0 Å². The lowest BCUT2D eigenvalue weighted by molar-refractivity contribution is -0.138. The summed E-state index contributed by atoms with van der Waals surface area (Å²) in [6, 6.07) is 17.4. The van der Waals surface area contributed by atoms with Crippen molar-refractivity contribution in [3.63, 3.8) is 0 Å². The van der Waals surface area contributed by atoms with Crippen molar-refractivity contribution in [1.82, 2.24) is 0 Å². The van der Waals surface area contributed by atoms with Crippen LogP contribution in [0.25, 0.3) is 0 Å². The third-order valence-electron chi connectivity index (χ3n) is 2.86. The normalized spacial score (nSPS) is 12.1. The molecule has 0 heterocycles. The molecule has 2 aromatic rings. The van der Waals surface area contributed by atoms with Gasteiger partial charge in [-0.25, -0.2) is 0 Å². The van der Waals surface area contributed by atoms with Crippen molar-refractivity contribution in [1.29, 1.82) is 0 Å². The second-order valence-corrected chi connectivity index (χ2v) is 5.26. The molecule has 18 heavy (non-hydrogen) atoms. The molecule has 2 nitrogen and oxygen atoms in total. The van der Waals surface area contributed by atoms with Gasteiger partial charge < -0.3 is 5.11 Å². The maximum atomic E-state index is 11.5. The number of halogens is 1. The summed E-state index contributed by atoms with van der Waals surface area (Å²) >= 11 is 2.19. The number of carboxylic acid groups (broad SMARTS) is 1. The molecule has 2 rings (SSSR count). The maximum absolute atomic E-state index is 11.5. The zero-order valence-corrected chi connectivity index (χ0v) is 11.9.